The van der Waals surface area contributed by atoms with Gasteiger partial charge < -0.3 is 14.7 Å². The molecule has 1 aliphatic heterocycles. The molecule has 0 bridgehead atoms. The van der Waals surface area contributed by atoms with Crippen LogP contribution in [0.1, 0.15) is 41.6 Å². The summed E-state index contributed by atoms with van der Waals surface area (Å²) < 4.78 is 4.97. The second kappa shape index (κ2) is 8.11. The number of hydrogen-bond acceptors (Lipinski definition) is 5. The monoisotopic (exact) mass is 330 g/mol. The number of carboxylic acid groups (broad SMARTS) is 1. The summed E-state index contributed by atoms with van der Waals surface area (Å²) in [7, 11) is 0. The molecule has 0 aromatic heterocycles. The number of rotatable bonds is 5. The normalized spacial score (nSPS) is 17.0. The van der Waals surface area contributed by atoms with E-state index in [0.717, 1.165) is 12.8 Å². The van der Waals surface area contributed by atoms with Crippen LogP contribution in [0.25, 0.3) is 0 Å². The third-order valence-corrected chi connectivity index (χ3v) is 3.95. The lowest BCUT2D eigenvalue weighted by molar-refractivity contribution is -0.144. The Kier molecular flexibility index (Phi) is 5.90. The topological polar surface area (TPSA) is 108 Å². The van der Waals surface area contributed by atoms with Gasteiger partial charge in [-0.15, -0.1) is 0 Å². The van der Waals surface area contributed by atoms with E-state index in [9.17, 15) is 14.4 Å². The first-order chi connectivity index (χ1) is 11.5. The average molecular weight is 330 g/mol. The predicted octanol–water partition coefficient (Wildman–Crippen LogP) is 2.21. The molecule has 7 heteroatoms. The van der Waals surface area contributed by atoms with Gasteiger partial charge in [0.25, 0.3) is 0 Å². The third-order valence-electron chi connectivity index (χ3n) is 3.95. The first kappa shape index (κ1) is 17.5. The lowest BCUT2D eigenvalue weighted by atomic mass is 10.00. The molecular weight excluding hydrogens is 312 g/mol. The lowest BCUT2D eigenvalue weighted by Crippen LogP contribution is -2.44. The van der Waals surface area contributed by atoms with Crippen molar-refractivity contribution in [3.63, 3.8) is 0 Å². The maximum atomic E-state index is 12.0. The number of likely N-dealkylation sites (tertiary alicyclic amines) is 1. The number of benzene rings is 1. The number of Topliss-reactive ketones (excluding diaryl/α,β-unsaturated/α-hetero) is 1. The smallest absolute Gasteiger partial charge is 0.407 e. The standard InChI is InChI=1S/C17H18N2O5/c18-10-12-4-3-5-13(8-12)15(20)11-24-16(21)9-14-6-1-2-7-19(14)17(22)23/h3-5,8,14H,1-2,6-7,9,11H2,(H,22,23). The number of piperidine rings is 1. The van der Waals surface area contributed by atoms with Crippen LogP contribution in [0.5, 0.6) is 0 Å². The van der Waals surface area contributed by atoms with Crippen molar-refractivity contribution in [1.29, 1.82) is 5.26 Å². The summed E-state index contributed by atoms with van der Waals surface area (Å²) in [5.41, 5.74) is 0.651. The second-order valence-electron chi connectivity index (χ2n) is 5.61. The summed E-state index contributed by atoms with van der Waals surface area (Å²) in [5, 5.41) is 17.9. The number of carbonyl (C=O) groups is 3. The summed E-state index contributed by atoms with van der Waals surface area (Å²) in [5.74, 6) is -1.00. The van der Waals surface area contributed by atoms with Crippen molar-refractivity contribution in [2.75, 3.05) is 13.2 Å². The van der Waals surface area contributed by atoms with Gasteiger partial charge in [-0.25, -0.2) is 4.79 Å². The minimum Gasteiger partial charge on any atom is -0.465 e. The van der Waals surface area contributed by atoms with E-state index >= 15 is 0 Å². The molecule has 126 valence electrons. The number of amides is 1. The summed E-state index contributed by atoms with van der Waals surface area (Å²) in [4.78, 5) is 36.3. The number of nitriles is 1. The zero-order chi connectivity index (χ0) is 17.5. The molecule has 24 heavy (non-hydrogen) atoms. The van der Waals surface area contributed by atoms with E-state index in [2.05, 4.69) is 0 Å². The Labute approximate surface area is 139 Å². The molecule has 1 aromatic rings. The average Bonchev–Trinajstić information content (AvgIpc) is 2.60. The van der Waals surface area contributed by atoms with Crippen molar-refractivity contribution in [3.05, 3.63) is 35.4 Å². The molecule has 1 unspecified atom stereocenters. The molecule has 0 aliphatic carbocycles. The number of hydrogen-bond donors (Lipinski definition) is 1. The van der Waals surface area contributed by atoms with Crippen LogP contribution in [-0.2, 0) is 9.53 Å². The van der Waals surface area contributed by atoms with Crippen molar-refractivity contribution < 1.29 is 24.2 Å². The largest absolute Gasteiger partial charge is 0.465 e. The van der Waals surface area contributed by atoms with Crippen LogP contribution in [0.4, 0.5) is 4.79 Å². The highest BCUT2D eigenvalue weighted by atomic mass is 16.5. The van der Waals surface area contributed by atoms with Crippen LogP contribution >= 0.6 is 0 Å². The highest BCUT2D eigenvalue weighted by Crippen LogP contribution is 2.20. The SMILES string of the molecule is N#Cc1cccc(C(=O)COC(=O)CC2CCCCN2C(=O)O)c1. The van der Waals surface area contributed by atoms with Gasteiger partial charge >= 0.3 is 12.1 Å². The lowest BCUT2D eigenvalue weighted by Gasteiger charge is -2.32. The minimum absolute atomic E-state index is 0.0577. The molecule has 1 fully saturated rings. The van der Waals surface area contributed by atoms with Crippen LogP contribution in [0.2, 0.25) is 0 Å². The first-order valence-electron chi connectivity index (χ1n) is 7.70. The summed E-state index contributed by atoms with van der Waals surface area (Å²) in [6.07, 6.45) is 1.15. The molecule has 1 amide bonds. The molecular formula is C17H18N2O5. The zero-order valence-electron chi connectivity index (χ0n) is 13.1. The van der Waals surface area contributed by atoms with E-state index in [1.165, 1.54) is 11.0 Å². The van der Waals surface area contributed by atoms with E-state index < -0.39 is 30.5 Å². The van der Waals surface area contributed by atoms with Crippen LogP contribution in [0.3, 0.4) is 0 Å². The van der Waals surface area contributed by atoms with Crippen molar-refractivity contribution in [3.8, 4) is 6.07 Å². The van der Waals surface area contributed by atoms with Gasteiger partial charge in [0.2, 0.25) is 0 Å². The van der Waals surface area contributed by atoms with Gasteiger partial charge in [0.1, 0.15) is 0 Å². The van der Waals surface area contributed by atoms with Gasteiger partial charge in [0.15, 0.2) is 12.4 Å². The molecule has 2 rings (SSSR count). The Morgan fingerprint density at radius 3 is 2.83 bits per heavy atom. The van der Waals surface area contributed by atoms with Crippen molar-refractivity contribution in [2.45, 2.75) is 31.7 Å². The molecule has 1 heterocycles. The van der Waals surface area contributed by atoms with E-state index in [4.69, 9.17) is 15.1 Å². The fourth-order valence-corrected chi connectivity index (χ4v) is 2.71. The molecule has 1 atom stereocenters. The Morgan fingerprint density at radius 2 is 2.12 bits per heavy atom. The second-order valence-corrected chi connectivity index (χ2v) is 5.61. The van der Waals surface area contributed by atoms with Crippen LogP contribution in [0.15, 0.2) is 24.3 Å². The quantitative estimate of drug-likeness (QED) is 0.655. The van der Waals surface area contributed by atoms with Crippen LogP contribution < -0.4 is 0 Å². The first-order valence-corrected chi connectivity index (χ1v) is 7.70. The molecule has 7 nitrogen and oxygen atoms in total. The number of ketones is 1. The molecule has 1 saturated heterocycles. The third kappa shape index (κ3) is 4.56. The maximum absolute atomic E-state index is 12.0. The van der Waals surface area contributed by atoms with Gasteiger partial charge in [-0.3, -0.25) is 9.59 Å². The Balaban J connectivity index is 1.87. The fraction of sp³-hybridized carbons (Fsp3) is 0.412. The van der Waals surface area contributed by atoms with Crippen LogP contribution in [-0.4, -0.2) is 47.0 Å². The Bertz CT molecular complexity index is 680. The molecule has 0 saturated carbocycles. The van der Waals surface area contributed by atoms with Gasteiger partial charge in [0, 0.05) is 18.2 Å². The molecule has 0 radical (unpaired) electrons. The maximum Gasteiger partial charge on any atom is 0.407 e. The highest BCUT2D eigenvalue weighted by Gasteiger charge is 2.28. The molecule has 1 N–H and O–H groups in total. The van der Waals surface area contributed by atoms with E-state index in [0.29, 0.717) is 24.1 Å². The Hall–Kier alpha value is -2.88. The predicted molar refractivity (Wildman–Crippen MR) is 83.4 cm³/mol. The fourth-order valence-electron chi connectivity index (χ4n) is 2.71. The minimum atomic E-state index is -1.04. The zero-order valence-corrected chi connectivity index (χ0v) is 13.1. The molecule has 1 aromatic carbocycles. The van der Waals surface area contributed by atoms with E-state index in [-0.39, 0.29) is 6.42 Å². The highest BCUT2D eigenvalue weighted by molar-refractivity contribution is 5.98. The number of ether oxygens (including phenoxy) is 1. The number of esters is 1. The Morgan fingerprint density at radius 1 is 1.33 bits per heavy atom. The summed E-state index contributed by atoms with van der Waals surface area (Å²) in [6, 6.07) is 7.67. The molecule has 1 aliphatic rings. The van der Waals surface area contributed by atoms with Gasteiger partial charge in [-0.05, 0) is 31.4 Å². The van der Waals surface area contributed by atoms with E-state index in [1.807, 2.05) is 6.07 Å². The van der Waals surface area contributed by atoms with Crippen molar-refractivity contribution in [2.24, 2.45) is 0 Å². The van der Waals surface area contributed by atoms with Gasteiger partial charge in [-0.1, -0.05) is 12.1 Å². The van der Waals surface area contributed by atoms with Crippen molar-refractivity contribution >= 4 is 17.8 Å². The van der Waals surface area contributed by atoms with E-state index in [1.54, 1.807) is 18.2 Å². The number of carbonyl (C=O) groups excluding carboxylic acids is 2. The van der Waals surface area contributed by atoms with Gasteiger partial charge in [-0.2, -0.15) is 5.26 Å². The number of nitrogens with zero attached hydrogens (tertiary/aromatic N) is 2. The summed E-state index contributed by atoms with van der Waals surface area (Å²) >= 11 is 0. The van der Waals surface area contributed by atoms with Crippen molar-refractivity contribution in [1.82, 2.24) is 4.90 Å². The summed E-state index contributed by atoms with van der Waals surface area (Å²) in [6.45, 7) is -0.0132. The van der Waals surface area contributed by atoms with Gasteiger partial charge in [0.05, 0.1) is 18.1 Å². The van der Waals surface area contributed by atoms with Crippen LogP contribution in [0, 0.1) is 11.3 Å². The molecule has 0 spiro atoms.